The first kappa shape index (κ1) is 24.1. The fourth-order valence-electron chi connectivity index (χ4n) is 3.86. The highest BCUT2D eigenvalue weighted by Crippen LogP contribution is 2.30. The molecule has 0 saturated heterocycles. The molecule has 10 heteroatoms. The summed E-state index contributed by atoms with van der Waals surface area (Å²) in [5.74, 6) is -1.14. The van der Waals surface area contributed by atoms with Gasteiger partial charge in [-0.05, 0) is 67.7 Å². The van der Waals surface area contributed by atoms with Crippen LogP contribution in [0.5, 0.6) is 5.75 Å². The third kappa shape index (κ3) is 4.77. The van der Waals surface area contributed by atoms with Crippen LogP contribution in [0.15, 0.2) is 48.5 Å². The van der Waals surface area contributed by atoms with Gasteiger partial charge in [-0.3, -0.25) is 9.59 Å². The maximum Gasteiger partial charge on any atom is 0.359 e. The van der Waals surface area contributed by atoms with Crippen molar-refractivity contribution in [3.05, 3.63) is 65.5 Å². The number of rotatable bonds is 7. The Morgan fingerprint density at radius 2 is 1.77 bits per heavy atom. The molecule has 2 aromatic carbocycles. The highest BCUT2D eigenvalue weighted by Gasteiger charge is 2.35. The highest BCUT2D eigenvalue weighted by molar-refractivity contribution is 6.25. The number of hydrogen-bond donors (Lipinski definition) is 1. The monoisotopic (exact) mass is 472 g/mol. The summed E-state index contributed by atoms with van der Waals surface area (Å²) in [5, 5.41) is 7.20. The number of benzene rings is 2. The van der Waals surface area contributed by atoms with E-state index in [4.69, 9.17) is 17.3 Å². The third-order valence-electron chi connectivity index (χ3n) is 5.66. The molecule has 0 fully saturated rings. The normalized spacial score (nSPS) is 13.7. The van der Waals surface area contributed by atoms with Crippen LogP contribution in [-0.2, 0) is 16.0 Å². The first-order valence-corrected chi connectivity index (χ1v) is 11.3. The maximum absolute atomic E-state index is 13.7. The van der Waals surface area contributed by atoms with Crippen LogP contribution in [0.2, 0.25) is 5.82 Å². The van der Waals surface area contributed by atoms with E-state index in [9.17, 15) is 14.4 Å². The number of ether oxygens (including phenoxy) is 2. The molecule has 2 amide bonds. The van der Waals surface area contributed by atoms with Gasteiger partial charge in [-0.2, -0.15) is 5.10 Å². The lowest BCUT2D eigenvalue weighted by Crippen LogP contribution is -2.39. The first-order chi connectivity index (χ1) is 16.8. The summed E-state index contributed by atoms with van der Waals surface area (Å²) in [7, 11) is 7.17. The number of esters is 1. The molecule has 1 aliphatic rings. The van der Waals surface area contributed by atoms with Gasteiger partial charge < -0.3 is 19.7 Å². The van der Waals surface area contributed by atoms with Crippen LogP contribution >= 0.6 is 0 Å². The van der Waals surface area contributed by atoms with Crippen molar-refractivity contribution < 1.29 is 23.9 Å². The van der Waals surface area contributed by atoms with Crippen LogP contribution in [-0.4, -0.2) is 55.7 Å². The predicted molar refractivity (Wildman–Crippen MR) is 132 cm³/mol. The summed E-state index contributed by atoms with van der Waals surface area (Å²) in [6.45, 7) is 3.88. The van der Waals surface area contributed by atoms with Crippen LogP contribution in [0.25, 0.3) is 5.69 Å². The largest absolute Gasteiger partial charge is 0.497 e. The molecular weight excluding hydrogens is 447 g/mol. The van der Waals surface area contributed by atoms with Gasteiger partial charge in [0.15, 0.2) is 5.69 Å². The van der Waals surface area contributed by atoms with E-state index in [1.165, 1.54) is 4.68 Å². The third-order valence-corrected chi connectivity index (χ3v) is 5.66. The molecule has 0 unspecified atom stereocenters. The van der Waals surface area contributed by atoms with Crippen molar-refractivity contribution in [1.82, 2.24) is 9.78 Å². The number of nitrogens with one attached hydrogen (secondary N) is 1. The summed E-state index contributed by atoms with van der Waals surface area (Å²) < 4.78 is 11.9. The molecule has 2 radical (unpaired) electrons. The molecule has 0 bridgehead atoms. The van der Waals surface area contributed by atoms with Gasteiger partial charge in [-0.1, -0.05) is 6.92 Å². The van der Waals surface area contributed by atoms with Crippen LogP contribution in [0.1, 0.15) is 40.4 Å². The van der Waals surface area contributed by atoms with Gasteiger partial charge >= 0.3 is 5.97 Å². The van der Waals surface area contributed by atoms with E-state index in [0.717, 1.165) is 0 Å². The lowest BCUT2D eigenvalue weighted by molar-refractivity contribution is -0.115. The molecule has 1 atom stereocenters. The van der Waals surface area contributed by atoms with Gasteiger partial charge in [-0.25, -0.2) is 9.48 Å². The van der Waals surface area contributed by atoms with E-state index >= 15 is 0 Å². The van der Waals surface area contributed by atoms with E-state index in [0.29, 0.717) is 47.0 Å². The Balaban J connectivity index is 1.70. The van der Waals surface area contributed by atoms with E-state index in [1.807, 2.05) is 0 Å². The molecule has 0 spiro atoms. The lowest BCUT2D eigenvalue weighted by atomic mass is 9.89. The quantitative estimate of drug-likeness (QED) is 0.419. The van der Waals surface area contributed by atoms with Gasteiger partial charge in [0.25, 0.3) is 5.91 Å². The first-order valence-electron chi connectivity index (χ1n) is 11.3. The Morgan fingerprint density at radius 3 is 2.37 bits per heavy atom. The molecular formula is C25H25BN4O5. The smallest absolute Gasteiger partial charge is 0.359 e. The van der Waals surface area contributed by atoms with E-state index in [1.54, 1.807) is 74.4 Å². The van der Waals surface area contributed by atoms with Crippen LogP contribution in [0.4, 0.5) is 11.4 Å². The topological polar surface area (TPSA) is 103 Å². The molecule has 0 saturated carbocycles. The summed E-state index contributed by atoms with van der Waals surface area (Å²) in [6, 6.07) is 14.0. The number of methoxy groups -OCH3 is 1. The number of carbonyl (C=O) groups excluding carboxylic acids is 3. The molecule has 35 heavy (non-hydrogen) atoms. The van der Waals surface area contributed by atoms with Crippen molar-refractivity contribution in [1.29, 1.82) is 0 Å². The molecule has 1 aliphatic heterocycles. The standard InChI is InChI=1S/C25H25BN4O5/c1-4-35-25(33)21-20-13-14-29(17-7-5-16(6-8-17)27-23(31)15(2)26)24(32)22(20)30(28-21)18-9-11-19(34-3)12-10-18/h5-12,15H,4,13-14H2,1-3H3,(H,27,31)/t15-/m0/s1. The average Bonchev–Trinajstić information content (AvgIpc) is 3.26. The minimum Gasteiger partial charge on any atom is -0.497 e. The van der Waals surface area contributed by atoms with E-state index in [2.05, 4.69) is 10.4 Å². The molecule has 178 valence electrons. The second kappa shape index (κ2) is 10.0. The fraction of sp³-hybridized carbons (Fsp3) is 0.280. The van der Waals surface area contributed by atoms with Gasteiger partial charge in [0.1, 0.15) is 11.4 Å². The predicted octanol–water partition coefficient (Wildman–Crippen LogP) is 3.18. The van der Waals surface area contributed by atoms with E-state index in [-0.39, 0.29) is 24.1 Å². The van der Waals surface area contributed by atoms with Crippen LogP contribution < -0.4 is 15.0 Å². The van der Waals surface area contributed by atoms with Gasteiger partial charge in [0, 0.05) is 23.5 Å². The molecule has 1 aromatic heterocycles. The Morgan fingerprint density at radius 1 is 1.11 bits per heavy atom. The van der Waals surface area contributed by atoms with Gasteiger partial charge in [0.2, 0.25) is 5.91 Å². The van der Waals surface area contributed by atoms with Crippen LogP contribution in [0, 0.1) is 0 Å². The van der Waals surface area contributed by atoms with Crippen molar-refractivity contribution in [3.8, 4) is 11.4 Å². The number of anilines is 2. The second-order valence-electron chi connectivity index (χ2n) is 8.04. The minimum absolute atomic E-state index is 0.139. The zero-order valence-electron chi connectivity index (χ0n) is 19.8. The SMILES string of the molecule is [B][C@@H](C)C(=O)Nc1ccc(N2CCc3c(C(=O)OCC)nn(-c4ccc(OC)cc4)c3C2=O)cc1. The Labute approximate surface area is 204 Å². The highest BCUT2D eigenvalue weighted by atomic mass is 16.5. The number of nitrogens with zero attached hydrogens (tertiary/aromatic N) is 3. The Kier molecular flexibility index (Phi) is 6.91. The van der Waals surface area contributed by atoms with Gasteiger partial charge in [-0.15, -0.1) is 0 Å². The van der Waals surface area contributed by atoms with Crippen molar-refractivity contribution >= 4 is 37.0 Å². The lowest BCUT2D eigenvalue weighted by Gasteiger charge is -2.28. The second-order valence-corrected chi connectivity index (χ2v) is 8.04. The zero-order chi connectivity index (χ0) is 25.1. The number of hydrogen-bond acceptors (Lipinski definition) is 6. The minimum atomic E-state index is -0.636. The van der Waals surface area contributed by atoms with Crippen molar-refractivity contribution in [2.24, 2.45) is 0 Å². The average molecular weight is 472 g/mol. The molecule has 2 heterocycles. The number of carbonyl (C=O) groups is 3. The van der Waals surface area contributed by atoms with Crippen molar-refractivity contribution in [2.75, 3.05) is 30.5 Å². The van der Waals surface area contributed by atoms with Crippen LogP contribution in [0.3, 0.4) is 0 Å². The summed E-state index contributed by atoms with van der Waals surface area (Å²) in [5.41, 5.74) is 2.84. The van der Waals surface area contributed by atoms with Gasteiger partial charge in [0.05, 0.1) is 27.3 Å². The van der Waals surface area contributed by atoms with Crippen molar-refractivity contribution in [3.63, 3.8) is 0 Å². The van der Waals surface area contributed by atoms with Crippen molar-refractivity contribution in [2.45, 2.75) is 26.1 Å². The van der Waals surface area contributed by atoms with E-state index < -0.39 is 11.8 Å². The number of fused-ring (bicyclic) bond motifs is 1. The molecule has 1 N–H and O–H groups in total. The summed E-state index contributed by atoms with van der Waals surface area (Å²) >= 11 is 0. The molecule has 0 aliphatic carbocycles. The molecule has 9 nitrogen and oxygen atoms in total. The fourth-order valence-corrected chi connectivity index (χ4v) is 3.86. The molecule has 3 aromatic rings. The Bertz CT molecular complexity index is 1250. The number of amides is 2. The summed E-state index contributed by atoms with van der Waals surface area (Å²) in [4.78, 5) is 39.8. The molecule has 4 rings (SSSR count). The Hall–Kier alpha value is -4.08. The number of aromatic nitrogens is 2. The zero-order valence-corrected chi connectivity index (χ0v) is 19.8. The maximum atomic E-state index is 13.7. The summed E-state index contributed by atoms with van der Waals surface area (Å²) in [6.07, 6.45) is 0.425.